The molecule has 3 aliphatic rings. The number of thioether (sulfide) groups is 1. The van der Waals surface area contributed by atoms with Crippen LogP contribution >= 0.6 is 11.8 Å². The van der Waals surface area contributed by atoms with Gasteiger partial charge in [0.1, 0.15) is 0 Å². The van der Waals surface area contributed by atoms with E-state index in [4.69, 9.17) is 9.84 Å². The molecule has 1 saturated carbocycles. The van der Waals surface area contributed by atoms with Gasteiger partial charge in [0.15, 0.2) is 0 Å². The van der Waals surface area contributed by atoms with Gasteiger partial charge in [-0.05, 0) is 50.0 Å². The molecule has 114 valence electrons. The molecule has 0 amide bonds. The van der Waals surface area contributed by atoms with E-state index >= 15 is 0 Å². The predicted molar refractivity (Wildman–Crippen MR) is 80.2 cm³/mol. The highest BCUT2D eigenvalue weighted by atomic mass is 32.2. The molecule has 0 aromatic heterocycles. The molecule has 0 aromatic carbocycles. The molecule has 1 atom stereocenters. The lowest BCUT2D eigenvalue weighted by molar-refractivity contribution is -0.138. The van der Waals surface area contributed by atoms with Crippen LogP contribution in [0.3, 0.4) is 0 Å². The van der Waals surface area contributed by atoms with E-state index in [9.17, 15) is 4.79 Å². The van der Waals surface area contributed by atoms with Crippen LogP contribution in [0.2, 0.25) is 0 Å². The van der Waals surface area contributed by atoms with Crippen molar-refractivity contribution in [1.29, 1.82) is 0 Å². The van der Waals surface area contributed by atoms with E-state index < -0.39 is 5.97 Å². The van der Waals surface area contributed by atoms with Gasteiger partial charge in [0.05, 0.1) is 12.0 Å². The van der Waals surface area contributed by atoms with E-state index in [1.165, 1.54) is 37.2 Å². The fraction of sp³-hybridized carbons (Fsp3) is 0.933. The molecular formula is C15H25NO3S. The molecule has 3 fully saturated rings. The van der Waals surface area contributed by atoms with Gasteiger partial charge < -0.3 is 9.84 Å². The van der Waals surface area contributed by atoms with Crippen molar-refractivity contribution in [3.8, 4) is 0 Å². The number of nitrogens with zero attached hydrogens (tertiary/aromatic N) is 1. The van der Waals surface area contributed by atoms with Crippen molar-refractivity contribution >= 4 is 17.7 Å². The van der Waals surface area contributed by atoms with Crippen molar-refractivity contribution in [3.05, 3.63) is 0 Å². The van der Waals surface area contributed by atoms with Crippen molar-refractivity contribution in [2.24, 2.45) is 0 Å². The highest BCUT2D eigenvalue weighted by Crippen LogP contribution is 2.41. The van der Waals surface area contributed by atoms with Crippen LogP contribution in [0, 0.1) is 0 Å². The number of carboxylic acid groups (broad SMARTS) is 1. The smallest absolute Gasteiger partial charge is 0.304 e. The van der Waals surface area contributed by atoms with E-state index in [-0.39, 0.29) is 12.0 Å². The third-order valence-electron chi connectivity index (χ3n) is 4.94. The van der Waals surface area contributed by atoms with Gasteiger partial charge in [-0.25, -0.2) is 0 Å². The first-order chi connectivity index (χ1) is 9.69. The summed E-state index contributed by atoms with van der Waals surface area (Å²) < 4.78 is 6.16. The maximum absolute atomic E-state index is 10.9. The van der Waals surface area contributed by atoms with E-state index in [1.807, 2.05) is 11.8 Å². The number of hydrogen-bond donors (Lipinski definition) is 1. The van der Waals surface area contributed by atoms with Gasteiger partial charge in [0.25, 0.3) is 0 Å². The van der Waals surface area contributed by atoms with E-state index in [0.717, 1.165) is 26.0 Å². The topological polar surface area (TPSA) is 49.8 Å². The number of carboxylic acids is 1. The fourth-order valence-electron chi connectivity index (χ4n) is 3.67. The molecule has 0 aromatic rings. The molecule has 1 unspecified atom stereocenters. The lowest BCUT2D eigenvalue weighted by Gasteiger charge is -2.46. The summed E-state index contributed by atoms with van der Waals surface area (Å²) in [4.78, 5) is 13.4. The number of hydrogen-bond acceptors (Lipinski definition) is 4. The Hall–Kier alpha value is -0.260. The number of aliphatic carboxylic acids is 1. The molecule has 0 radical (unpaired) electrons. The van der Waals surface area contributed by atoms with Gasteiger partial charge in [0, 0.05) is 25.2 Å². The molecule has 0 bridgehead atoms. The Kier molecular flexibility index (Phi) is 4.58. The second-order valence-corrected chi connectivity index (χ2v) is 7.63. The second kappa shape index (κ2) is 6.24. The standard InChI is InChI=1S/C15H25NO3S/c17-14(18)3-7-16(12-1-2-12)13-4-8-19-15(11-13)5-9-20-10-6-15/h12-13H,1-11H2,(H,17,18). The summed E-state index contributed by atoms with van der Waals surface area (Å²) in [6.07, 6.45) is 7.31. The zero-order chi connectivity index (χ0) is 14.0. The van der Waals surface area contributed by atoms with E-state index in [0.29, 0.717) is 12.1 Å². The van der Waals surface area contributed by atoms with Gasteiger partial charge in [-0.2, -0.15) is 11.8 Å². The molecule has 3 rings (SSSR count). The molecule has 2 aliphatic heterocycles. The summed E-state index contributed by atoms with van der Waals surface area (Å²) in [6, 6.07) is 1.19. The largest absolute Gasteiger partial charge is 0.481 e. The van der Waals surface area contributed by atoms with Crippen molar-refractivity contribution in [3.63, 3.8) is 0 Å². The first-order valence-electron chi connectivity index (χ1n) is 7.88. The average molecular weight is 299 g/mol. The van der Waals surface area contributed by atoms with Crippen LogP contribution in [-0.2, 0) is 9.53 Å². The number of rotatable bonds is 5. The van der Waals surface area contributed by atoms with Crippen molar-refractivity contribution in [1.82, 2.24) is 4.90 Å². The van der Waals surface area contributed by atoms with E-state index in [2.05, 4.69) is 4.90 Å². The summed E-state index contributed by atoms with van der Waals surface area (Å²) in [5.74, 6) is 1.75. The van der Waals surface area contributed by atoms with Gasteiger partial charge in [-0.15, -0.1) is 0 Å². The van der Waals surface area contributed by atoms with Gasteiger partial charge >= 0.3 is 5.97 Å². The first kappa shape index (κ1) is 14.7. The average Bonchev–Trinajstić information content (AvgIpc) is 3.24. The van der Waals surface area contributed by atoms with Gasteiger partial charge in [0.2, 0.25) is 0 Å². The highest BCUT2D eigenvalue weighted by Gasteiger charge is 2.43. The van der Waals surface area contributed by atoms with Gasteiger partial charge in [-0.3, -0.25) is 9.69 Å². The molecular weight excluding hydrogens is 274 g/mol. The van der Waals surface area contributed by atoms with Crippen LogP contribution in [0.15, 0.2) is 0 Å². The first-order valence-corrected chi connectivity index (χ1v) is 9.03. The second-order valence-electron chi connectivity index (χ2n) is 6.40. The van der Waals surface area contributed by atoms with E-state index in [1.54, 1.807) is 0 Å². The minimum absolute atomic E-state index is 0.102. The Bertz CT molecular complexity index is 348. The monoisotopic (exact) mass is 299 g/mol. The van der Waals surface area contributed by atoms with Crippen molar-refractivity contribution in [2.45, 2.75) is 62.6 Å². The Morgan fingerprint density at radius 3 is 2.65 bits per heavy atom. The highest BCUT2D eigenvalue weighted by molar-refractivity contribution is 7.99. The minimum Gasteiger partial charge on any atom is -0.481 e. The fourth-order valence-corrected chi connectivity index (χ4v) is 4.91. The third kappa shape index (κ3) is 3.49. The molecule has 2 saturated heterocycles. The molecule has 1 aliphatic carbocycles. The summed E-state index contributed by atoms with van der Waals surface area (Å²) in [6.45, 7) is 1.57. The maximum atomic E-state index is 10.9. The van der Waals surface area contributed by atoms with Crippen LogP contribution in [0.5, 0.6) is 0 Å². The summed E-state index contributed by atoms with van der Waals surface area (Å²) in [7, 11) is 0. The zero-order valence-electron chi connectivity index (χ0n) is 12.1. The van der Waals surface area contributed by atoms with Crippen LogP contribution in [-0.4, -0.2) is 58.3 Å². The zero-order valence-corrected chi connectivity index (χ0v) is 12.9. The van der Waals surface area contributed by atoms with Crippen LogP contribution < -0.4 is 0 Å². The molecule has 2 heterocycles. The number of carbonyl (C=O) groups is 1. The van der Waals surface area contributed by atoms with Crippen molar-refractivity contribution < 1.29 is 14.6 Å². The SMILES string of the molecule is O=C(O)CCN(C1CC1)C1CCOC2(CCSCC2)C1. The lowest BCUT2D eigenvalue weighted by atomic mass is 9.84. The quantitative estimate of drug-likeness (QED) is 0.844. The molecule has 20 heavy (non-hydrogen) atoms. The van der Waals surface area contributed by atoms with Crippen LogP contribution in [0.25, 0.3) is 0 Å². The maximum Gasteiger partial charge on any atom is 0.304 e. The lowest BCUT2D eigenvalue weighted by Crippen LogP contribution is -2.51. The Morgan fingerprint density at radius 2 is 2.00 bits per heavy atom. The summed E-state index contributed by atoms with van der Waals surface area (Å²) in [5, 5.41) is 8.95. The predicted octanol–water partition coefficient (Wildman–Crippen LogP) is 2.37. The molecule has 1 N–H and O–H groups in total. The third-order valence-corrected chi connectivity index (χ3v) is 5.93. The summed E-state index contributed by atoms with van der Waals surface area (Å²) in [5.41, 5.74) is 0.102. The Morgan fingerprint density at radius 1 is 1.25 bits per heavy atom. The van der Waals surface area contributed by atoms with Crippen molar-refractivity contribution in [2.75, 3.05) is 24.7 Å². The molecule has 5 heteroatoms. The normalized spacial score (nSPS) is 29.8. The number of ether oxygens (including phenoxy) is 1. The van der Waals surface area contributed by atoms with Gasteiger partial charge in [-0.1, -0.05) is 0 Å². The summed E-state index contributed by atoms with van der Waals surface area (Å²) >= 11 is 2.03. The van der Waals surface area contributed by atoms with Crippen LogP contribution in [0.4, 0.5) is 0 Å². The molecule has 1 spiro atoms. The molecule has 4 nitrogen and oxygen atoms in total. The minimum atomic E-state index is -0.675. The Labute approximate surface area is 125 Å². The van der Waals surface area contributed by atoms with Crippen LogP contribution in [0.1, 0.15) is 44.9 Å². The Balaban J connectivity index is 1.62.